The van der Waals surface area contributed by atoms with E-state index in [0.717, 1.165) is 5.65 Å². The van der Waals surface area contributed by atoms with E-state index in [0.29, 0.717) is 11.6 Å². The molecule has 0 fully saturated rings. The van der Waals surface area contributed by atoms with Gasteiger partial charge in [0.1, 0.15) is 11.4 Å². The maximum atomic E-state index is 10.8. The van der Waals surface area contributed by atoms with Crippen LogP contribution in [0.5, 0.6) is 11.6 Å². The van der Waals surface area contributed by atoms with Crippen molar-refractivity contribution >= 4 is 11.6 Å². The molecule has 1 aromatic carbocycles. The first kappa shape index (κ1) is 11.3. The van der Waals surface area contributed by atoms with Crippen LogP contribution in [0.4, 0.5) is 0 Å². The molecule has 0 radical (unpaired) electrons. The number of carboxylic acids is 1. The van der Waals surface area contributed by atoms with Crippen molar-refractivity contribution in [3.8, 4) is 11.6 Å². The monoisotopic (exact) mass is 254 g/mol. The normalized spacial score (nSPS) is 10.5. The third kappa shape index (κ3) is 2.13. The van der Waals surface area contributed by atoms with E-state index < -0.39 is 5.97 Å². The summed E-state index contributed by atoms with van der Waals surface area (Å²) in [7, 11) is 0. The molecule has 94 valence electrons. The van der Waals surface area contributed by atoms with E-state index in [4.69, 9.17) is 9.84 Å². The minimum Gasteiger partial charge on any atom is -0.478 e. The zero-order valence-corrected chi connectivity index (χ0v) is 9.85. The van der Waals surface area contributed by atoms with Crippen LogP contribution < -0.4 is 4.74 Å². The minimum absolute atomic E-state index is 0.230. The highest BCUT2D eigenvalue weighted by atomic mass is 16.5. The van der Waals surface area contributed by atoms with Gasteiger partial charge < -0.3 is 9.84 Å². The van der Waals surface area contributed by atoms with E-state index in [1.165, 1.54) is 12.1 Å². The van der Waals surface area contributed by atoms with Gasteiger partial charge in [-0.15, -0.1) is 0 Å². The van der Waals surface area contributed by atoms with Gasteiger partial charge in [0, 0.05) is 12.4 Å². The molecule has 0 aliphatic carbocycles. The second kappa shape index (κ2) is 4.45. The van der Waals surface area contributed by atoms with Crippen molar-refractivity contribution in [2.24, 2.45) is 0 Å². The molecule has 19 heavy (non-hydrogen) atoms. The fraction of sp³-hybridized carbons (Fsp3) is 0. The summed E-state index contributed by atoms with van der Waals surface area (Å²) in [4.78, 5) is 14.9. The van der Waals surface area contributed by atoms with Crippen molar-refractivity contribution in [1.29, 1.82) is 0 Å². The lowest BCUT2D eigenvalue weighted by Gasteiger charge is -2.07. The van der Waals surface area contributed by atoms with E-state index in [2.05, 4.69) is 4.98 Å². The zero-order valence-electron chi connectivity index (χ0n) is 9.85. The first-order valence-corrected chi connectivity index (χ1v) is 5.67. The molecule has 5 nitrogen and oxygen atoms in total. The topological polar surface area (TPSA) is 63.8 Å². The molecule has 2 heterocycles. The second-order valence-corrected chi connectivity index (χ2v) is 3.95. The van der Waals surface area contributed by atoms with Gasteiger partial charge in [0.25, 0.3) is 0 Å². The predicted molar refractivity (Wildman–Crippen MR) is 68.7 cm³/mol. The van der Waals surface area contributed by atoms with Gasteiger partial charge >= 0.3 is 5.97 Å². The van der Waals surface area contributed by atoms with Gasteiger partial charge in [-0.25, -0.2) is 9.78 Å². The summed E-state index contributed by atoms with van der Waals surface area (Å²) >= 11 is 0. The van der Waals surface area contributed by atoms with Crippen LogP contribution in [0.15, 0.2) is 54.9 Å². The number of rotatable bonds is 3. The van der Waals surface area contributed by atoms with Crippen LogP contribution >= 0.6 is 0 Å². The first-order valence-electron chi connectivity index (χ1n) is 5.67. The number of aromatic nitrogens is 2. The van der Waals surface area contributed by atoms with E-state index in [1.54, 1.807) is 24.5 Å². The summed E-state index contributed by atoms with van der Waals surface area (Å²) in [5.74, 6) is 0.243. The third-order valence-corrected chi connectivity index (χ3v) is 2.71. The lowest BCUT2D eigenvalue weighted by molar-refractivity contribution is 0.0697. The van der Waals surface area contributed by atoms with Crippen LogP contribution in [0, 0.1) is 0 Å². The molecule has 0 unspecified atom stereocenters. The van der Waals surface area contributed by atoms with Gasteiger partial charge in [0.15, 0.2) is 0 Å². The summed E-state index contributed by atoms with van der Waals surface area (Å²) in [6.45, 7) is 0. The average Bonchev–Trinajstić information content (AvgIpc) is 2.89. The standard InChI is InChI=1S/C14H10N2O3/c17-14(18)10-4-6-11(7-5-10)19-13-3-1-2-12-15-8-9-16(12)13/h1-9H,(H,17,18). The van der Waals surface area contributed by atoms with E-state index >= 15 is 0 Å². The molecule has 0 aliphatic heterocycles. The van der Waals surface area contributed by atoms with Crippen molar-refractivity contribution in [2.75, 3.05) is 0 Å². The highest BCUT2D eigenvalue weighted by molar-refractivity contribution is 5.87. The van der Waals surface area contributed by atoms with Crippen LogP contribution in [-0.2, 0) is 0 Å². The lowest BCUT2D eigenvalue weighted by atomic mass is 10.2. The molecule has 0 bridgehead atoms. The number of nitrogens with zero attached hydrogens (tertiary/aromatic N) is 2. The van der Waals surface area contributed by atoms with Crippen molar-refractivity contribution in [2.45, 2.75) is 0 Å². The summed E-state index contributed by atoms with van der Waals surface area (Å²) in [6, 6.07) is 11.8. The largest absolute Gasteiger partial charge is 0.478 e. The molecule has 0 amide bonds. The van der Waals surface area contributed by atoms with Crippen LogP contribution in [0.2, 0.25) is 0 Å². The first-order chi connectivity index (χ1) is 9.24. The van der Waals surface area contributed by atoms with Gasteiger partial charge in [0.2, 0.25) is 5.88 Å². The van der Waals surface area contributed by atoms with Crippen LogP contribution in [0.3, 0.4) is 0 Å². The number of ether oxygens (including phenoxy) is 1. The lowest BCUT2D eigenvalue weighted by Crippen LogP contribution is -1.96. The number of imidazole rings is 1. The number of carbonyl (C=O) groups is 1. The number of hydrogen-bond acceptors (Lipinski definition) is 3. The van der Waals surface area contributed by atoms with Crippen molar-refractivity contribution in [3.63, 3.8) is 0 Å². The van der Waals surface area contributed by atoms with E-state index in [1.807, 2.05) is 22.6 Å². The Kier molecular flexibility index (Phi) is 2.64. The van der Waals surface area contributed by atoms with Crippen LogP contribution in [-0.4, -0.2) is 20.5 Å². The molecule has 3 aromatic rings. The molecular weight excluding hydrogens is 244 g/mol. The predicted octanol–water partition coefficient (Wildman–Crippen LogP) is 2.82. The quantitative estimate of drug-likeness (QED) is 0.780. The Morgan fingerprint density at radius 2 is 1.95 bits per heavy atom. The molecule has 0 saturated heterocycles. The summed E-state index contributed by atoms with van der Waals surface area (Å²) in [5.41, 5.74) is 1.02. The molecule has 0 spiro atoms. The third-order valence-electron chi connectivity index (χ3n) is 2.71. The van der Waals surface area contributed by atoms with Crippen molar-refractivity contribution in [3.05, 3.63) is 60.4 Å². The number of benzene rings is 1. The Labute approximate surface area is 108 Å². The van der Waals surface area contributed by atoms with Gasteiger partial charge in [-0.05, 0) is 36.4 Å². The maximum absolute atomic E-state index is 10.8. The summed E-state index contributed by atoms with van der Waals surface area (Å²) in [5, 5.41) is 8.83. The highest BCUT2D eigenvalue weighted by Gasteiger charge is 2.05. The van der Waals surface area contributed by atoms with Crippen LogP contribution in [0.1, 0.15) is 10.4 Å². The summed E-state index contributed by atoms with van der Waals surface area (Å²) in [6.07, 6.45) is 3.49. The van der Waals surface area contributed by atoms with Crippen LogP contribution in [0.25, 0.3) is 5.65 Å². The molecule has 0 atom stereocenters. The van der Waals surface area contributed by atoms with Gasteiger partial charge in [-0.3, -0.25) is 4.40 Å². The molecule has 2 aromatic heterocycles. The molecular formula is C14H10N2O3. The Morgan fingerprint density at radius 1 is 1.16 bits per heavy atom. The Hall–Kier alpha value is -2.82. The molecule has 1 N–H and O–H groups in total. The van der Waals surface area contributed by atoms with Crippen molar-refractivity contribution in [1.82, 2.24) is 9.38 Å². The van der Waals surface area contributed by atoms with Gasteiger partial charge in [0.05, 0.1) is 5.56 Å². The number of aromatic carboxylic acids is 1. The number of pyridine rings is 1. The molecule has 3 rings (SSSR count). The number of carboxylic acid groups (broad SMARTS) is 1. The number of fused-ring (bicyclic) bond motifs is 1. The SMILES string of the molecule is O=C(O)c1ccc(Oc2cccc3nccn23)cc1. The van der Waals surface area contributed by atoms with E-state index in [9.17, 15) is 4.79 Å². The molecule has 5 heteroatoms. The zero-order chi connectivity index (χ0) is 13.2. The van der Waals surface area contributed by atoms with Gasteiger partial charge in [-0.1, -0.05) is 6.07 Å². The minimum atomic E-state index is -0.955. The fourth-order valence-corrected chi connectivity index (χ4v) is 1.79. The fourth-order valence-electron chi connectivity index (χ4n) is 1.79. The second-order valence-electron chi connectivity index (χ2n) is 3.95. The van der Waals surface area contributed by atoms with Crippen molar-refractivity contribution < 1.29 is 14.6 Å². The Bertz CT molecular complexity index is 732. The van der Waals surface area contributed by atoms with E-state index in [-0.39, 0.29) is 5.56 Å². The average molecular weight is 254 g/mol. The smallest absolute Gasteiger partial charge is 0.335 e. The number of hydrogen-bond donors (Lipinski definition) is 1. The molecule has 0 aliphatic rings. The molecule has 0 saturated carbocycles. The highest BCUT2D eigenvalue weighted by Crippen LogP contribution is 2.22. The Morgan fingerprint density at radius 3 is 2.68 bits per heavy atom. The Balaban J connectivity index is 1.92. The maximum Gasteiger partial charge on any atom is 0.335 e. The summed E-state index contributed by atoms with van der Waals surface area (Å²) < 4.78 is 7.53. The van der Waals surface area contributed by atoms with Gasteiger partial charge in [-0.2, -0.15) is 0 Å².